The summed E-state index contributed by atoms with van der Waals surface area (Å²) in [5, 5.41) is 3.49. The molecule has 1 N–H and O–H groups in total. The van der Waals surface area contributed by atoms with Crippen molar-refractivity contribution in [2.75, 3.05) is 19.8 Å². The van der Waals surface area contributed by atoms with Crippen molar-refractivity contribution in [2.45, 2.75) is 53.5 Å². The molecule has 2 nitrogen and oxygen atoms in total. The zero-order valence-electron chi connectivity index (χ0n) is 11.2. The minimum Gasteiger partial charge on any atom is -0.381 e. The fraction of sp³-hybridized carbons (Fsp3) is 1.00. The fourth-order valence-corrected chi connectivity index (χ4v) is 1.42. The van der Waals surface area contributed by atoms with Crippen LogP contribution in [0.15, 0.2) is 0 Å². The van der Waals surface area contributed by atoms with Crippen molar-refractivity contribution in [3.05, 3.63) is 0 Å². The summed E-state index contributed by atoms with van der Waals surface area (Å²) in [6.45, 7) is 14.0. The summed E-state index contributed by atoms with van der Waals surface area (Å²) in [7, 11) is 0. The van der Waals surface area contributed by atoms with Crippen LogP contribution < -0.4 is 5.32 Å². The third-order valence-electron chi connectivity index (χ3n) is 2.51. The van der Waals surface area contributed by atoms with Crippen LogP contribution in [0.1, 0.15) is 47.5 Å². The van der Waals surface area contributed by atoms with Crippen molar-refractivity contribution in [3.8, 4) is 0 Å². The van der Waals surface area contributed by atoms with E-state index in [1.165, 1.54) is 12.8 Å². The smallest absolute Gasteiger partial charge is 0.0488 e. The maximum absolute atomic E-state index is 5.61. The minimum absolute atomic E-state index is 0.593. The molecule has 0 bridgehead atoms. The van der Waals surface area contributed by atoms with E-state index in [4.69, 9.17) is 4.74 Å². The van der Waals surface area contributed by atoms with Gasteiger partial charge >= 0.3 is 0 Å². The van der Waals surface area contributed by atoms with Crippen LogP contribution in [0.2, 0.25) is 0 Å². The van der Waals surface area contributed by atoms with E-state index in [1.807, 2.05) is 0 Å². The van der Waals surface area contributed by atoms with E-state index in [2.05, 4.69) is 39.9 Å². The summed E-state index contributed by atoms with van der Waals surface area (Å²) in [6.07, 6.45) is 2.42. The van der Waals surface area contributed by atoms with Crippen LogP contribution in [0, 0.1) is 11.8 Å². The van der Waals surface area contributed by atoms with Gasteiger partial charge in [-0.1, -0.05) is 41.0 Å². The first-order valence-corrected chi connectivity index (χ1v) is 6.37. The Kier molecular flexibility index (Phi) is 9.12. The van der Waals surface area contributed by atoms with Gasteiger partial charge in [0.2, 0.25) is 0 Å². The van der Waals surface area contributed by atoms with Gasteiger partial charge in [0.05, 0.1) is 0 Å². The van der Waals surface area contributed by atoms with Gasteiger partial charge in [0, 0.05) is 19.3 Å². The zero-order valence-corrected chi connectivity index (χ0v) is 11.2. The van der Waals surface area contributed by atoms with Gasteiger partial charge < -0.3 is 10.1 Å². The molecule has 0 aromatic rings. The highest BCUT2D eigenvalue weighted by Gasteiger charge is 2.06. The largest absolute Gasteiger partial charge is 0.381 e. The summed E-state index contributed by atoms with van der Waals surface area (Å²) in [4.78, 5) is 0. The zero-order chi connectivity index (χ0) is 11.7. The second-order valence-corrected chi connectivity index (χ2v) is 5.09. The Morgan fingerprint density at radius 2 is 1.80 bits per heavy atom. The molecule has 0 rings (SSSR count). The second kappa shape index (κ2) is 9.17. The van der Waals surface area contributed by atoms with Gasteiger partial charge in [0.25, 0.3) is 0 Å². The predicted octanol–water partition coefficient (Wildman–Crippen LogP) is 3.07. The lowest BCUT2D eigenvalue weighted by molar-refractivity contribution is 0.0969. The molecule has 1 unspecified atom stereocenters. The summed E-state index contributed by atoms with van der Waals surface area (Å²) < 4.78 is 5.61. The molecular formula is C13H29NO. The molecule has 0 amide bonds. The highest BCUT2D eigenvalue weighted by atomic mass is 16.5. The molecule has 0 aliphatic carbocycles. The molecule has 0 aliphatic heterocycles. The Morgan fingerprint density at radius 1 is 1.13 bits per heavy atom. The van der Waals surface area contributed by atoms with Crippen LogP contribution in [0.5, 0.6) is 0 Å². The summed E-state index contributed by atoms with van der Waals surface area (Å²) in [5.74, 6) is 1.42. The minimum atomic E-state index is 0.593. The number of hydrogen-bond donors (Lipinski definition) is 1. The number of rotatable bonds is 9. The molecule has 0 saturated carbocycles. The first-order chi connectivity index (χ1) is 7.06. The van der Waals surface area contributed by atoms with Crippen molar-refractivity contribution in [1.82, 2.24) is 5.32 Å². The fourth-order valence-electron chi connectivity index (χ4n) is 1.42. The molecular weight excluding hydrogens is 186 g/mol. The molecule has 0 aromatic carbocycles. The first-order valence-electron chi connectivity index (χ1n) is 6.37. The SMILES string of the molecule is CCC(CCOCC(C)C)CNC(C)C. The molecule has 15 heavy (non-hydrogen) atoms. The van der Waals surface area contributed by atoms with Gasteiger partial charge in [-0.2, -0.15) is 0 Å². The Morgan fingerprint density at radius 3 is 2.27 bits per heavy atom. The first kappa shape index (κ1) is 14.9. The number of hydrogen-bond acceptors (Lipinski definition) is 2. The molecule has 0 spiro atoms. The van der Waals surface area contributed by atoms with Crippen LogP contribution in [0.3, 0.4) is 0 Å². The average Bonchev–Trinajstić information content (AvgIpc) is 2.16. The van der Waals surface area contributed by atoms with Crippen LogP contribution >= 0.6 is 0 Å². The van der Waals surface area contributed by atoms with Crippen LogP contribution in [0.4, 0.5) is 0 Å². The van der Waals surface area contributed by atoms with Crippen molar-refractivity contribution in [1.29, 1.82) is 0 Å². The van der Waals surface area contributed by atoms with Crippen molar-refractivity contribution < 1.29 is 4.74 Å². The molecule has 0 fully saturated rings. The van der Waals surface area contributed by atoms with Crippen molar-refractivity contribution >= 4 is 0 Å². The third kappa shape index (κ3) is 10.2. The lowest BCUT2D eigenvalue weighted by atomic mass is 10.0. The highest BCUT2D eigenvalue weighted by Crippen LogP contribution is 2.07. The van der Waals surface area contributed by atoms with E-state index in [1.54, 1.807) is 0 Å². The van der Waals surface area contributed by atoms with Gasteiger partial charge in [-0.3, -0.25) is 0 Å². The van der Waals surface area contributed by atoms with Gasteiger partial charge in [0.15, 0.2) is 0 Å². The van der Waals surface area contributed by atoms with Gasteiger partial charge in [-0.25, -0.2) is 0 Å². The Balaban J connectivity index is 3.44. The van der Waals surface area contributed by atoms with E-state index >= 15 is 0 Å². The van der Waals surface area contributed by atoms with E-state index < -0.39 is 0 Å². The number of nitrogens with one attached hydrogen (secondary N) is 1. The normalized spacial score (nSPS) is 13.8. The van der Waals surface area contributed by atoms with E-state index in [0.717, 1.165) is 25.7 Å². The molecule has 0 aromatic heterocycles. The average molecular weight is 215 g/mol. The molecule has 92 valence electrons. The summed E-state index contributed by atoms with van der Waals surface area (Å²) >= 11 is 0. The van der Waals surface area contributed by atoms with Crippen molar-refractivity contribution in [2.24, 2.45) is 11.8 Å². The summed E-state index contributed by atoms with van der Waals surface area (Å²) in [5.41, 5.74) is 0. The van der Waals surface area contributed by atoms with Gasteiger partial charge in [0.1, 0.15) is 0 Å². The maximum Gasteiger partial charge on any atom is 0.0488 e. The van der Waals surface area contributed by atoms with E-state index in [0.29, 0.717) is 12.0 Å². The Labute approximate surface area is 95.8 Å². The second-order valence-electron chi connectivity index (χ2n) is 5.09. The molecule has 1 atom stereocenters. The molecule has 0 saturated heterocycles. The molecule has 2 heteroatoms. The molecule has 0 heterocycles. The molecule has 0 aliphatic rings. The lowest BCUT2D eigenvalue weighted by Gasteiger charge is -2.17. The van der Waals surface area contributed by atoms with Crippen LogP contribution in [-0.2, 0) is 4.74 Å². The summed E-state index contributed by atoms with van der Waals surface area (Å²) in [6, 6.07) is 0.593. The Hall–Kier alpha value is -0.0800. The Bertz CT molecular complexity index is 134. The van der Waals surface area contributed by atoms with Crippen LogP contribution in [-0.4, -0.2) is 25.8 Å². The lowest BCUT2D eigenvalue weighted by Crippen LogP contribution is -2.29. The van der Waals surface area contributed by atoms with Crippen LogP contribution in [0.25, 0.3) is 0 Å². The quantitative estimate of drug-likeness (QED) is 0.597. The monoisotopic (exact) mass is 215 g/mol. The third-order valence-corrected chi connectivity index (χ3v) is 2.51. The predicted molar refractivity (Wildman–Crippen MR) is 67.2 cm³/mol. The number of ether oxygens (including phenoxy) is 1. The topological polar surface area (TPSA) is 21.3 Å². The highest BCUT2D eigenvalue weighted by molar-refractivity contribution is 4.62. The maximum atomic E-state index is 5.61. The van der Waals surface area contributed by atoms with E-state index in [-0.39, 0.29) is 0 Å². The molecule has 0 radical (unpaired) electrons. The van der Waals surface area contributed by atoms with Gasteiger partial charge in [-0.05, 0) is 24.8 Å². The van der Waals surface area contributed by atoms with Gasteiger partial charge in [-0.15, -0.1) is 0 Å². The van der Waals surface area contributed by atoms with E-state index in [9.17, 15) is 0 Å². The standard InChI is InChI=1S/C13H29NO/c1-6-13(9-14-12(4)5)7-8-15-10-11(2)3/h11-14H,6-10H2,1-5H3. The van der Waals surface area contributed by atoms with Crippen molar-refractivity contribution in [3.63, 3.8) is 0 Å².